The molecule has 2 N–H and O–H groups in total. The van der Waals surface area contributed by atoms with E-state index in [1.807, 2.05) is 13.0 Å². The standard InChI is InChI=1S/C27H40FN3O3/c1-18(16-31-17-27(2,3)21-15-20(28)11-12-23(21)31)29-25(32)22(14-19-8-5-4-6-9-19)30-26(33)24-10-7-13-34-24/h11-12,15,18-19,22,24H,4-10,13-14,16-17H2,1-3H3,(H,29,32)(H,30,33)/t18-,22-,24+/m0/s1. The first-order valence-corrected chi connectivity index (χ1v) is 13.0. The SMILES string of the molecule is C[C@@H](CN1CC(C)(C)c2cc(F)ccc21)NC(=O)[C@H](CC1CCCCC1)NC(=O)[C@H]1CCCO1. The van der Waals surface area contributed by atoms with Crippen molar-refractivity contribution in [2.24, 2.45) is 5.92 Å². The Bertz CT molecular complexity index is 878. The lowest BCUT2D eigenvalue weighted by Crippen LogP contribution is -2.53. The van der Waals surface area contributed by atoms with Gasteiger partial charge in [0.25, 0.3) is 0 Å². The lowest BCUT2D eigenvalue weighted by Gasteiger charge is -2.30. The number of nitrogens with one attached hydrogen (secondary N) is 2. The molecule has 3 aliphatic rings. The Morgan fingerprint density at radius 2 is 1.91 bits per heavy atom. The van der Waals surface area contributed by atoms with Crippen molar-refractivity contribution in [1.82, 2.24) is 10.6 Å². The van der Waals surface area contributed by atoms with Gasteiger partial charge in [0.1, 0.15) is 18.0 Å². The summed E-state index contributed by atoms with van der Waals surface area (Å²) in [4.78, 5) is 28.3. The second-order valence-electron chi connectivity index (χ2n) is 11.1. The fourth-order valence-electron chi connectivity index (χ4n) is 5.89. The third kappa shape index (κ3) is 5.91. The quantitative estimate of drug-likeness (QED) is 0.597. The maximum absolute atomic E-state index is 13.8. The average Bonchev–Trinajstić information content (AvgIpc) is 3.41. The summed E-state index contributed by atoms with van der Waals surface area (Å²) in [5.74, 6) is -0.0473. The zero-order chi connectivity index (χ0) is 24.3. The van der Waals surface area contributed by atoms with Gasteiger partial charge in [-0.05, 0) is 55.9 Å². The molecule has 6 nitrogen and oxygen atoms in total. The molecule has 1 aliphatic carbocycles. The van der Waals surface area contributed by atoms with Gasteiger partial charge in [-0.3, -0.25) is 9.59 Å². The van der Waals surface area contributed by atoms with Crippen molar-refractivity contribution in [3.8, 4) is 0 Å². The Hall–Kier alpha value is -2.15. The van der Waals surface area contributed by atoms with E-state index in [1.54, 1.807) is 6.07 Å². The molecule has 0 bridgehead atoms. The van der Waals surface area contributed by atoms with E-state index in [0.29, 0.717) is 31.9 Å². The van der Waals surface area contributed by atoms with Crippen molar-refractivity contribution in [3.05, 3.63) is 29.6 Å². The number of benzene rings is 1. The van der Waals surface area contributed by atoms with Crippen LogP contribution >= 0.6 is 0 Å². The van der Waals surface area contributed by atoms with Gasteiger partial charge in [-0.2, -0.15) is 0 Å². The smallest absolute Gasteiger partial charge is 0.249 e. The van der Waals surface area contributed by atoms with Crippen LogP contribution in [0.4, 0.5) is 10.1 Å². The molecule has 1 saturated carbocycles. The zero-order valence-electron chi connectivity index (χ0n) is 20.9. The van der Waals surface area contributed by atoms with Crippen LogP contribution in [0.25, 0.3) is 0 Å². The molecular weight excluding hydrogens is 433 g/mol. The predicted octanol–water partition coefficient (Wildman–Crippen LogP) is 4.06. The van der Waals surface area contributed by atoms with Gasteiger partial charge in [-0.15, -0.1) is 0 Å². The minimum atomic E-state index is -0.543. The van der Waals surface area contributed by atoms with Crippen molar-refractivity contribution in [1.29, 1.82) is 0 Å². The summed E-state index contributed by atoms with van der Waals surface area (Å²) >= 11 is 0. The number of ether oxygens (including phenoxy) is 1. The molecule has 2 fully saturated rings. The Labute approximate surface area is 203 Å². The number of nitrogens with zero attached hydrogens (tertiary/aromatic N) is 1. The Morgan fingerprint density at radius 1 is 1.15 bits per heavy atom. The Morgan fingerprint density at radius 3 is 2.62 bits per heavy atom. The van der Waals surface area contributed by atoms with Gasteiger partial charge >= 0.3 is 0 Å². The molecule has 2 heterocycles. The number of anilines is 1. The summed E-state index contributed by atoms with van der Waals surface area (Å²) in [6.45, 7) is 8.24. The van der Waals surface area contributed by atoms with Crippen molar-refractivity contribution in [2.75, 3.05) is 24.6 Å². The fourth-order valence-corrected chi connectivity index (χ4v) is 5.89. The first-order valence-electron chi connectivity index (χ1n) is 13.0. The monoisotopic (exact) mass is 473 g/mol. The van der Waals surface area contributed by atoms with E-state index >= 15 is 0 Å². The lowest BCUT2D eigenvalue weighted by molar-refractivity contribution is -0.135. The average molecular weight is 474 g/mol. The summed E-state index contributed by atoms with van der Waals surface area (Å²) in [7, 11) is 0. The van der Waals surface area contributed by atoms with Crippen molar-refractivity contribution in [3.63, 3.8) is 0 Å². The first-order chi connectivity index (χ1) is 16.2. The molecule has 1 saturated heterocycles. The van der Waals surface area contributed by atoms with Gasteiger partial charge in [0.05, 0.1) is 0 Å². The van der Waals surface area contributed by atoms with Crippen LogP contribution in [0, 0.1) is 11.7 Å². The minimum Gasteiger partial charge on any atom is -0.368 e. The van der Waals surface area contributed by atoms with E-state index in [1.165, 1.54) is 25.3 Å². The number of hydrogen-bond donors (Lipinski definition) is 2. The summed E-state index contributed by atoms with van der Waals surface area (Å²) in [5.41, 5.74) is 1.88. The topological polar surface area (TPSA) is 70.7 Å². The van der Waals surface area contributed by atoms with Crippen LogP contribution < -0.4 is 15.5 Å². The largest absolute Gasteiger partial charge is 0.368 e. The summed E-state index contributed by atoms with van der Waals surface area (Å²) in [6.07, 6.45) is 7.70. The number of halogens is 1. The molecular formula is C27H40FN3O3. The highest BCUT2D eigenvalue weighted by Crippen LogP contribution is 2.40. The summed E-state index contributed by atoms with van der Waals surface area (Å²) < 4.78 is 19.4. The number of carbonyl (C=O) groups is 2. The molecule has 4 rings (SSSR count). The van der Waals surface area contributed by atoms with Crippen LogP contribution in [0.3, 0.4) is 0 Å². The molecule has 3 atom stereocenters. The summed E-state index contributed by atoms with van der Waals surface area (Å²) in [6, 6.07) is 4.30. The molecule has 1 aromatic rings. The minimum absolute atomic E-state index is 0.118. The molecule has 0 spiro atoms. The molecule has 0 radical (unpaired) electrons. The van der Waals surface area contributed by atoms with Crippen LogP contribution in [-0.4, -0.2) is 49.7 Å². The molecule has 7 heteroatoms. The Balaban J connectivity index is 1.39. The zero-order valence-corrected chi connectivity index (χ0v) is 20.9. The first kappa shape index (κ1) is 25.0. The van der Waals surface area contributed by atoms with E-state index in [9.17, 15) is 14.0 Å². The third-order valence-corrected chi connectivity index (χ3v) is 7.65. The maximum Gasteiger partial charge on any atom is 0.249 e. The van der Waals surface area contributed by atoms with Gasteiger partial charge < -0.3 is 20.3 Å². The second-order valence-corrected chi connectivity index (χ2v) is 11.1. The van der Waals surface area contributed by atoms with Gasteiger partial charge in [0.2, 0.25) is 11.8 Å². The molecule has 2 amide bonds. The number of hydrogen-bond acceptors (Lipinski definition) is 4. The molecule has 34 heavy (non-hydrogen) atoms. The molecule has 1 aromatic carbocycles. The molecule has 188 valence electrons. The number of amides is 2. The molecule has 2 aliphatic heterocycles. The number of carbonyl (C=O) groups excluding carboxylic acids is 2. The van der Waals surface area contributed by atoms with E-state index in [2.05, 4.69) is 29.4 Å². The van der Waals surface area contributed by atoms with Crippen LogP contribution in [-0.2, 0) is 19.7 Å². The van der Waals surface area contributed by atoms with Crippen LogP contribution in [0.1, 0.15) is 77.7 Å². The van der Waals surface area contributed by atoms with Crippen LogP contribution in [0.15, 0.2) is 18.2 Å². The van der Waals surface area contributed by atoms with Gasteiger partial charge in [0.15, 0.2) is 0 Å². The molecule has 0 aromatic heterocycles. The van der Waals surface area contributed by atoms with E-state index in [4.69, 9.17) is 4.74 Å². The maximum atomic E-state index is 13.8. The normalized spacial score (nSPS) is 23.9. The van der Waals surface area contributed by atoms with Gasteiger partial charge in [-0.1, -0.05) is 46.0 Å². The van der Waals surface area contributed by atoms with Gasteiger partial charge in [0, 0.05) is 36.8 Å². The number of rotatable bonds is 8. The summed E-state index contributed by atoms with van der Waals surface area (Å²) in [5, 5.41) is 6.16. The number of fused-ring (bicyclic) bond motifs is 1. The van der Waals surface area contributed by atoms with E-state index in [0.717, 1.165) is 37.1 Å². The predicted molar refractivity (Wildman–Crippen MR) is 131 cm³/mol. The fraction of sp³-hybridized carbons (Fsp3) is 0.704. The lowest BCUT2D eigenvalue weighted by atomic mass is 9.84. The van der Waals surface area contributed by atoms with Crippen LogP contribution in [0.2, 0.25) is 0 Å². The second kappa shape index (κ2) is 10.6. The van der Waals surface area contributed by atoms with Crippen molar-refractivity contribution < 1.29 is 18.7 Å². The van der Waals surface area contributed by atoms with Crippen molar-refractivity contribution in [2.45, 2.75) is 95.7 Å². The third-order valence-electron chi connectivity index (χ3n) is 7.65. The Kier molecular flexibility index (Phi) is 7.80. The highest BCUT2D eigenvalue weighted by atomic mass is 19.1. The van der Waals surface area contributed by atoms with E-state index < -0.39 is 12.1 Å². The van der Waals surface area contributed by atoms with E-state index in [-0.39, 0.29) is 29.1 Å². The molecule has 0 unspecified atom stereocenters. The van der Waals surface area contributed by atoms with Crippen molar-refractivity contribution >= 4 is 17.5 Å². The highest BCUT2D eigenvalue weighted by Gasteiger charge is 2.36. The van der Waals surface area contributed by atoms with Gasteiger partial charge in [-0.25, -0.2) is 4.39 Å². The highest BCUT2D eigenvalue weighted by molar-refractivity contribution is 5.89. The van der Waals surface area contributed by atoms with Crippen LogP contribution in [0.5, 0.6) is 0 Å².